The van der Waals surface area contributed by atoms with Crippen molar-refractivity contribution in [2.24, 2.45) is 0 Å². The molecule has 0 aliphatic carbocycles. The molecule has 3 N–H and O–H groups in total. The molecule has 0 aliphatic rings. The SMILES string of the molecule is CCCCCCCCCCCCCCCCCCCCCCCCC/C=C/C(O)C(CO)NC(=O)CCCCCCC/C=C\CCCCOC(=O)CCCCCCCCCCCCCC. The molecule has 0 aromatic heterocycles. The molecule has 2 unspecified atom stereocenters. The van der Waals surface area contributed by atoms with Crippen LogP contribution in [0.4, 0.5) is 0 Å². The lowest BCUT2D eigenvalue weighted by molar-refractivity contribution is -0.143. The first-order chi connectivity index (χ1) is 32.0. The van der Waals surface area contributed by atoms with Gasteiger partial charge in [-0.3, -0.25) is 9.59 Å². The van der Waals surface area contributed by atoms with Gasteiger partial charge in [0.25, 0.3) is 0 Å². The van der Waals surface area contributed by atoms with Crippen LogP contribution in [0.5, 0.6) is 0 Å². The van der Waals surface area contributed by atoms with Gasteiger partial charge in [-0.05, 0) is 57.8 Å². The second kappa shape index (κ2) is 54.9. The van der Waals surface area contributed by atoms with Gasteiger partial charge in [0.2, 0.25) is 5.91 Å². The average Bonchev–Trinajstić information content (AvgIpc) is 3.31. The second-order valence-electron chi connectivity index (χ2n) is 20.0. The third kappa shape index (κ3) is 51.6. The van der Waals surface area contributed by atoms with Crippen LogP contribution in [-0.4, -0.2) is 47.4 Å². The van der Waals surface area contributed by atoms with E-state index in [1.54, 1.807) is 6.08 Å². The molecule has 0 radical (unpaired) electrons. The Morgan fingerprint density at radius 3 is 1.09 bits per heavy atom. The molecule has 0 fully saturated rings. The van der Waals surface area contributed by atoms with Gasteiger partial charge < -0.3 is 20.3 Å². The van der Waals surface area contributed by atoms with Crippen molar-refractivity contribution in [2.45, 2.75) is 328 Å². The summed E-state index contributed by atoms with van der Waals surface area (Å²) in [5, 5.41) is 23.2. The van der Waals surface area contributed by atoms with Gasteiger partial charge in [-0.1, -0.05) is 269 Å². The number of hydrogen-bond acceptors (Lipinski definition) is 5. The first-order valence-corrected chi connectivity index (χ1v) is 29.1. The molecular weight excluding hydrogens is 803 g/mol. The fourth-order valence-electron chi connectivity index (χ4n) is 8.98. The highest BCUT2D eigenvalue weighted by Crippen LogP contribution is 2.17. The minimum atomic E-state index is -0.863. The molecule has 0 saturated carbocycles. The molecule has 0 rings (SSSR count). The first kappa shape index (κ1) is 63.3. The highest BCUT2D eigenvalue weighted by atomic mass is 16.5. The fraction of sp³-hybridized carbons (Fsp3) is 0.898. The summed E-state index contributed by atoms with van der Waals surface area (Å²) in [5.41, 5.74) is 0. The van der Waals surface area contributed by atoms with E-state index < -0.39 is 12.1 Å². The number of carbonyl (C=O) groups is 2. The maximum absolute atomic E-state index is 12.5. The lowest BCUT2D eigenvalue weighted by Gasteiger charge is -2.20. The van der Waals surface area contributed by atoms with Crippen LogP contribution in [-0.2, 0) is 14.3 Å². The fourth-order valence-corrected chi connectivity index (χ4v) is 8.98. The monoisotopic (exact) mass is 916 g/mol. The Morgan fingerprint density at radius 1 is 0.415 bits per heavy atom. The smallest absolute Gasteiger partial charge is 0.305 e. The molecule has 0 aliphatic heterocycles. The van der Waals surface area contributed by atoms with Crippen molar-refractivity contribution in [1.29, 1.82) is 0 Å². The minimum Gasteiger partial charge on any atom is -0.466 e. The highest BCUT2D eigenvalue weighted by Gasteiger charge is 2.18. The topological polar surface area (TPSA) is 95.9 Å². The predicted molar refractivity (Wildman–Crippen MR) is 283 cm³/mol. The number of rotatable bonds is 54. The van der Waals surface area contributed by atoms with Crippen LogP contribution in [0.15, 0.2) is 24.3 Å². The molecule has 0 bridgehead atoms. The maximum atomic E-state index is 12.5. The van der Waals surface area contributed by atoms with Crippen LogP contribution in [0.1, 0.15) is 316 Å². The van der Waals surface area contributed by atoms with E-state index in [-0.39, 0.29) is 18.5 Å². The van der Waals surface area contributed by atoms with Crippen molar-refractivity contribution >= 4 is 11.9 Å². The Labute approximate surface area is 405 Å². The lowest BCUT2D eigenvalue weighted by atomic mass is 10.0. The largest absolute Gasteiger partial charge is 0.466 e. The van der Waals surface area contributed by atoms with Crippen molar-refractivity contribution in [3.05, 3.63) is 24.3 Å². The van der Waals surface area contributed by atoms with E-state index in [4.69, 9.17) is 4.74 Å². The Balaban J connectivity index is 3.53. The summed E-state index contributed by atoms with van der Waals surface area (Å²) in [5.74, 6) is -0.126. The van der Waals surface area contributed by atoms with Crippen LogP contribution in [0, 0.1) is 0 Å². The van der Waals surface area contributed by atoms with E-state index in [0.29, 0.717) is 19.4 Å². The van der Waals surface area contributed by atoms with Gasteiger partial charge in [0.05, 0.1) is 25.4 Å². The van der Waals surface area contributed by atoms with Crippen molar-refractivity contribution in [3.8, 4) is 0 Å². The molecule has 6 nitrogen and oxygen atoms in total. The molecule has 2 atom stereocenters. The first-order valence-electron chi connectivity index (χ1n) is 29.1. The number of hydrogen-bond donors (Lipinski definition) is 3. The standard InChI is InChI=1S/C59H113NO5/c1-3-5-7-9-11-13-15-17-18-19-20-21-22-23-24-25-26-27-28-29-31-35-39-43-47-51-57(62)56(55-61)60-58(63)52-48-44-40-36-32-30-34-38-42-46-50-54-65-59(64)53-49-45-41-37-33-16-14-12-10-8-6-4-2/h34,38,47,51,56-57,61-62H,3-33,35-37,39-46,48-50,52-55H2,1-2H3,(H,60,63)/b38-34-,51-47+. The number of allylic oxidation sites excluding steroid dienone is 3. The Kier molecular flexibility index (Phi) is 53.5. The van der Waals surface area contributed by atoms with Crippen molar-refractivity contribution in [3.63, 3.8) is 0 Å². The number of esters is 1. The Hall–Kier alpha value is -1.66. The number of carbonyl (C=O) groups excluding carboxylic acids is 2. The number of aliphatic hydroxyl groups is 2. The van der Waals surface area contributed by atoms with Gasteiger partial charge in [-0.15, -0.1) is 0 Å². The Bertz CT molecular complexity index is 1010. The van der Waals surface area contributed by atoms with Gasteiger partial charge in [-0.2, -0.15) is 0 Å². The number of unbranched alkanes of at least 4 members (excludes halogenated alkanes) is 41. The molecule has 0 heterocycles. The van der Waals surface area contributed by atoms with E-state index in [1.165, 1.54) is 205 Å². The van der Waals surface area contributed by atoms with Crippen molar-refractivity contribution in [2.75, 3.05) is 13.2 Å². The number of ether oxygens (including phenoxy) is 1. The zero-order valence-electron chi connectivity index (χ0n) is 43.7. The maximum Gasteiger partial charge on any atom is 0.305 e. The summed E-state index contributed by atoms with van der Waals surface area (Å²) in [6, 6.07) is -0.649. The summed E-state index contributed by atoms with van der Waals surface area (Å²) in [6.07, 6.45) is 66.4. The summed E-state index contributed by atoms with van der Waals surface area (Å²) in [4.78, 5) is 24.5. The normalized spacial score (nSPS) is 12.7. The quantitative estimate of drug-likeness (QED) is 0.0321. The van der Waals surface area contributed by atoms with E-state index in [1.807, 2.05) is 6.08 Å². The third-order valence-electron chi connectivity index (χ3n) is 13.5. The molecule has 65 heavy (non-hydrogen) atoms. The minimum absolute atomic E-state index is 0.0317. The van der Waals surface area contributed by atoms with E-state index in [0.717, 1.165) is 83.5 Å². The van der Waals surface area contributed by atoms with Crippen molar-refractivity contribution in [1.82, 2.24) is 5.32 Å². The number of aliphatic hydroxyl groups excluding tert-OH is 2. The van der Waals surface area contributed by atoms with Crippen LogP contribution in [0.2, 0.25) is 0 Å². The summed E-state index contributed by atoms with van der Waals surface area (Å²) < 4.78 is 5.43. The van der Waals surface area contributed by atoms with Crippen LogP contribution in [0.25, 0.3) is 0 Å². The zero-order chi connectivity index (χ0) is 47.2. The summed E-state index contributed by atoms with van der Waals surface area (Å²) in [7, 11) is 0. The summed E-state index contributed by atoms with van der Waals surface area (Å²) >= 11 is 0. The third-order valence-corrected chi connectivity index (χ3v) is 13.5. The number of nitrogens with one attached hydrogen (secondary N) is 1. The number of amides is 1. The molecule has 1 amide bonds. The lowest BCUT2D eigenvalue weighted by Crippen LogP contribution is -2.45. The molecule has 384 valence electrons. The van der Waals surface area contributed by atoms with E-state index >= 15 is 0 Å². The van der Waals surface area contributed by atoms with Gasteiger partial charge >= 0.3 is 5.97 Å². The Morgan fingerprint density at radius 2 is 0.723 bits per heavy atom. The van der Waals surface area contributed by atoms with Crippen LogP contribution in [0.3, 0.4) is 0 Å². The molecular formula is C59H113NO5. The second-order valence-corrected chi connectivity index (χ2v) is 20.0. The molecule has 0 saturated heterocycles. The van der Waals surface area contributed by atoms with E-state index in [9.17, 15) is 19.8 Å². The van der Waals surface area contributed by atoms with Gasteiger partial charge in [0.1, 0.15) is 0 Å². The molecule has 0 aromatic rings. The van der Waals surface area contributed by atoms with Gasteiger partial charge in [0.15, 0.2) is 0 Å². The molecule has 0 aromatic carbocycles. The average molecular weight is 917 g/mol. The predicted octanol–water partition coefficient (Wildman–Crippen LogP) is 17.9. The highest BCUT2D eigenvalue weighted by molar-refractivity contribution is 5.76. The zero-order valence-corrected chi connectivity index (χ0v) is 43.7. The van der Waals surface area contributed by atoms with Crippen LogP contribution >= 0.6 is 0 Å². The van der Waals surface area contributed by atoms with Gasteiger partial charge in [0, 0.05) is 12.8 Å². The van der Waals surface area contributed by atoms with E-state index in [2.05, 4.69) is 31.3 Å². The summed E-state index contributed by atoms with van der Waals surface area (Å²) in [6.45, 7) is 4.84. The van der Waals surface area contributed by atoms with Crippen molar-refractivity contribution < 1.29 is 24.5 Å². The molecule has 6 heteroatoms. The van der Waals surface area contributed by atoms with Crippen LogP contribution < -0.4 is 5.32 Å². The van der Waals surface area contributed by atoms with Gasteiger partial charge in [-0.25, -0.2) is 0 Å². The molecule has 0 spiro atoms.